The molecule has 0 heterocycles. The maximum atomic E-state index is 9.30. The predicted molar refractivity (Wildman–Crippen MR) is 83.4 cm³/mol. The van der Waals surface area contributed by atoms with E-state index in [1.807, 2.05) is 6.92 Å². The van der Waals surface area contributed by atoms with E-state index in [-0.39, 0.29) is 12.6 Å². The molecule has 0 aromatic heterocycles. The summed E-state index contributed by atoms with van der Waals surface area (Å²) in [5.74, 6) is 0. The number of benzene rings is 1. The maximum absolute atomic E-state index is 9.30. The minimum absolute atomic E-state index is 0.0289. The minimum Gasteiger partial charge on any atom is -0.395 e. The Kier molecular flexibility index (Phi) is 5.25. The van der Waals surface area contributed by atoms with Crippen LogP contribution >= 0.6 is 15.9 Å². The van der Waals surface area contributed by atoms with Crippen LogP contribution < -0.4 is 10.6 Å². The van der Waals surface area contributed by atoms with Gasteiger partial charge in [0.15, 0.2) is 0 Å². The minimum atomic E-state index is 0.0289. The van der Waals surface area contributed by atoms with Gasteiger partial charge in [0.2, 0.25) is 0 Å². The third-order valence-corrected chi connectivity index (χ3v) is 4.60. The van der Waals surface area contributed by atoms with E-state index >= 15 is 0 Å². The van der Waals surface area contributed by atoms with E-state index in [9.17, 15) is 5.11 Å². The first-order valence-electron chi connectivity index (χ1n) is 7.06. The molecule has 0 saturated heterocycles. The van der Waals surface area contributed by atoms with E-state index in [0.717, 1.165) is 10.0 Å². The molecular formula is C15H23BrN2O. The van der Waals surface area contributed by atoms with E-state index in [1.165, 1.54) is 31.4 Å². The standard InChI is InChI=1S/C15H23BrN2O/c1-11(17)14-7-6-13(10-15(14)16)18(8-9-19)12-4-2-3-5-12/h6-7,10-12,19H,2-5,8-9,17H2,1H3/t11-/m1/s1. The Morgan fingerprint density at radius 3 is 2.63 bits per heavy atom. The molecule has 1 aliphatic rings. The Labute approximate surface area is 123 Å². The molecule has 19 heavy (non-hydrogen) atoms. The zero-order chi connectivity index (χ0) is 13.8. The van der Waals surface area contributed by atoms with Crippen molar-refractivity contribution in [2.24, 2.45) is 5.73 Å². The summed E-state index contributed by atoms with van der Waals surface area (Å²) in [4.78, 5) is 2.34. The molecular weight excluding hydrogens is 304 g/mol. The Bertz CT molecular complexity index is 417. The molecule has 1 aliphatic carbocycles. The van der Waals surface area contributed by atoms with Crippen molar-refractivity contribution >= 4 is 21.6 Å². The summed E-state index contributed by atoms with van der Waals surface area (Å²) in [5, 5.41) is 9.30. The van der Waals surface area contributed by atoms with Crippen LogP contribution in [0.4, 0.5) is 5.69 Å². The number of hydrogen-bond acceptors (Lipinski definition) is 3. The Morgan fingerprint density at radius 2 is 2.11 bits per heavy atom. The first kappa shape index (κ1) is 14.8. The maximum Gasteiger partial charge on any atom is 0.0606 e. The Balaban J connectivity index is 2.23. The molecule has 106 valence electrons. The van der Waals surface area contributed by atoms with Crippen LogP contribution in [-0.2, 0) is 0 Å². The second kappa shape index (κ2) is 6.73. The molecule has 1 saturated carbocycles. The van der Waals surface area contributed by atoms with Crippen molar-refractivity contribution in [3.8, 4) is 0 Å². The van der Waals surface area contributed by atoms with Crippen molar-refractivity contribution in [1.29, 1.82) is 0 Å². The van der Waals surface area contributed by atoms with Crippen molar-refractivity contribution in [3.63, 3.8) is 0 Å². The van der Waals surface area contributed by atoms with E-state index < -0.39 is 0 Å². The van der Waals surface area contributed by atoms with Gasteiger partial charge in [-0.2, -0.15) is 0 Å². The van der Waals surface area contributed by atoms with Crippen molar-refractivity contribution in [2.75, 3.05) is 18.1 Å². The van der Waals surface area contributed by atoms with Crippen LogP contribution in [0.5, 0.6) is 0 Å². The van der Waals surface area contributed by atoms with Gasteiger partial charge in [-0.05, 0) is 37.5 Å². The van der Waals surface area contributed by atoms with E-state index in [4.69, 9.17) is 5.73 Å². The average molecular weight is 327 g/mol. The average Bonchev–Trinajstić information content (AvgIpc) is 2.89. The van der Waals surface area contributed by atoms with Crippen LogP contribution in [0, 0.1) is 0 Å². The van der Waals surface area contributed by atoms with Gasteiger partial charge < -0.3 is 15.7 Å². The lowest BCUT2D eigenvalue weighted by molar-refractivity contribution is 0.297. The molecule has 0 amide bonds. The lowest BCUT2D eigenvalue weighted by Gasteiger charge is -2.31. The number of nitrogens with two attached hydrogens (primary N) is 1. The fourth-order valence-corrected chi connectivity index (χ4v) is 3.64. The van der Waals surface area contributed by atoms with Crippen LogP contribution in [0.3, 0.4) is 0 Å². The number of rotatable bonds is 5. The molecule has 0 bridgehead atoms. The molecule has 3 nitrogen and oxygen atoms in total. The zero-order valence-corrected chi connectivity index (χ0v) is 13.1. The molecule has 0 aliphatic heterocycles. The smallest absolute Gasteiger partial charge is 0.0606 e. The molecule has 0 radical (unpaired) electrons. The summed E-state index contributed by atoms with van der Waals surface area (Å²) in [6, 6.07) is 6.94. The van der Waals surface area contributed by atoms with Gasteiger partial charge in [0.25, 0.3) is 0 Å². The van der Waals surface area contributed by atoms with Crippen LogP contribution in [0.1, 0.15) is 44.2 Å². The summed E-state index contributed by atoms with van der Waals surface area (Å²) in [7, 11) is 0. The molecule has 3 N–H and O–H groups in total. The van der Waals surface area contributed by atoms with Gasteiger partial charge >= 0.3 is 0 Å². The summed E-state index contributed by atoms with van der Waals surface area (Å²) in [5.41, 5.74) is 8.24. The number of nitrogens with zero attached hydrogens (tertiary/aromatic N) is 1. The Hall–Kier alpha value is -0.580. The summed E-state index contributed by atoms with van der Waals surface area (Å²) >= 11 is 3.61. The van der Waals surface area contributed by atoms with E-state index in [0.29, 0.717) is 12.6 Å². The van der Waals surface area contributed by atoms with E-state index in [2.05, 4.69) is 39.0 Å². The highest BCUT2D eigenvalue weighted by Gasteiger charge is 2.23. The second-order valence-corrected chi connectivity index (χ2v) is 6.20. The zero-order valence-electron chi connectivity index (χ0n) is 11.5. The SMILES string of the molecule is C[C@@H](N)c1ccc(N(CCO)C2CCCC2)cc1Br. The third-order valence-electron chi connectivity index (χ3n) is 3.91. The largest absolute Gasteiger partial charge is 0.395 e. The van der Waals surface area contributed by atoms with Crippen LogP contribution in [0.15, 0.2) is 22.7 Å². The predicted octanol–water partition coefficient (Wildman–Crippen LogP) is 3.21. The van der Waals surface area contributed by atoms with Crippen molar-refractivity contribution < 1.29 is 5.11 Å². The molecule has 4 heteroatoms. The number of anilines is 1. The van der Waals surface area contributed by atoms with Crippen LogP contribution in [0.25, 0.3) is 0 Å². The number of hydrogen-bond donors (Lipinski definition) is 2. The first-order chi connectivity index (χ1) is 9.13. The molecule has 1 aromatic carbocycles. The van der Waals surface area contributed by atoms with Crippen LogP contribution in [0.2, 0.25) is 0 Å². The summed E-state index contributed by atoms with van der Waals surface area (Å²) in [6.45, 7) is 2.89. The van der Waals surface area contributed by atoms with Gasteiger partial charge in [-0.25, -0.2) is 0 Å². The van der Waals surface area contributed by atoms with Gasteiger partial charge in [0, 0.05) is 28.8 Å². The van der Waals surface area contributed by atoms with E-state index in [1.54, 1.807) is 0 Å². The summed E-state index contributed by atoms with van der Waals surface area (Å²) in [6.07, 6.45) is 5.05. The molecule has 1 aromatic rings. The fourth-order valence-electron chi connectivity index (χ4n) is 2.91. The number of aliphatic hydroxyl groups excluding tert-OH is 1. The highest BCUT2D eigenvalue weighted by atomic mass is 79.9. The highest BCUT2D eigenvalue weighted by Crippen LogP contribution is 2.32. The van der Waals surface area contributed by atoms with Gasteiger partial charge in [-0.3, -0.25) is 0 Å². The lowest BCUT2D eigenvalue weighted by Crippen LogP contribution is -2.35. The second-order valence-electron chi connectivity index (χ2n) is 5.35. The van der Waals surface area contributed by atoms with Crippen molar-refractivity contribution in [1.82, 2.24) is 0 Å². The quantitative estimate of drug-likeness (QED) is 0.873. The Morgan fingerprint density at radius 1 is 1.42 bits per heavy atom. The fraction of sp³-hybridized carbons (Fsp3) is 0.600. The number of halogens is 1. The normalized spacial score (nSPS) is 17.7. The van der Waals surface area contributed by atoms with Gasteiger partial charge in [0.05, 0.1) is 6.61 Å². The van der Waals surface area contributed by atoms with Gasteiger partial charge in [-0.1, -0.05) is 34.8 Å². The monoisotopic (exact) mass is 326 g/mol. The highest BCUT2D eigenvalue weighted by molar-refractivity contribution is 9.10. The first-order valence-corrected chi connectivity index (χ1v) is 7.85. The molecule has 0 spiro atoms. The lowest BCUT2D eigenvalue weighted by atomic mass is 10.1. The topological polar surface area (TPSA) is 49.5 Å². The molecule has 0 unspecified atom stereocenters. The van der Waals surface area contributed by atoms with Gasteiger partial charge in [0.1, 0.15) is 0 Å². The third kappa shape index (κ3) is 3.50. The number of aliphatic hydroxyl groups is 1. The van der Waals surface area contributed by atoms with Crippen LogP contribution in [-0.4, -0.2) is 24.3 Å². The molecule has 1 fully saturated rings. The van der Waals surface area contributed by atoms with Gasteiger partial charge in [-0.15, -0.1) is 0 Å². The van der Waals surface area contributed by atoms with Crippen molar-refractivity contribution in [3.05, 3.63) is 28.2 Å². The van der Waals surface area contributed by atoms with Crippen molar-refractivity contribution in [2.45, 2.75) is 44.7 Å². The molecule has 1 atom stereocenters. The summed E-state index contributed by atoms with van der Waals surface area (Å²) < 4.78 is 1.06. The molecule has 2 rings (SSSR count).